The molecule has 0 radical (unpaired) electrons. The highest BCUT2D eigenvalue weighted by Gasteiger charge is 2.09. The van der Waals surface area contributed by atoms with Crippen LogP contribution >= 0.6 is 27.3 Å². The molecule has 5 heteroatoms. The van der Waals surface area contributed by atoms with Gasteiger partial charge >= 0.3 is 0 Å². The van der Waals surface area contributed by atoms with Crippen molar-refractivity contribution in [1.82, 2.24) is 4.90 Å². The van der Waals surface area contributed by atoms with E-state index in [4.69, 9.17) is 5.73 Å². The maximum absolute atomic E-state index is 11.6. The Morgan fingerprint density at radius 2 is 2.40 bits per heavy atom. The van der Waals surface area contributed by atoms with Gasteiger partial charge in [-0.25, -0.2) is 0 Å². The van der Waals surface area contributed by atoms with Gasteiger partial charge in [-0.05, 0) is 45.9 Å². The molecule has 2 N–H and O–H groups in total. The minimum absolute atomic E-state index is 0.155. The molecule has 0 aliphatic heterocycles. The van der Waals surface area contributed by atoms with Crippen LogP contribution in [0.15, 0.2) is 15.2 Å². The highest BCUT2D eigenvalue weighted by Crippen LogP contribution is 2.21. The average molecular weight is 291 g/mol. The van der Waals surface area contributed by atoms with Gasteiger partial charge in [0.05, 0.1) is 3.79 Å². The molecule has 3 nitrogen and oxygen atoms in total. The Kier molecular flexibility index (Phi) is 5.28. The summed E-state index contributed by atoms with van der Waals surface area (Å²) >= 11 is 5.03. The second-order valence-corrected chi connectivity index (χ2v) is 5.69. The topological polar surface area (TPSA) is 46.3 Å². The molecule has 1 amide bonds. The first-order valence-corrected chi connectivity index (χ1v) is 6.47. The van der Waals surface area contributed by atoms with Crippen LogP contribution in [0.2, 0.25) is 0 Å². The van der Waals surface area contributed by atoms with Crippen LogP contribution < -0.4 is 5.73 Å². The minimum Gasteiger partial charge on any atom is -0.341 e. The number of nitrogens with two attached hydrogens (primary N) is 1. The molecule has 0 atom stereocenters. The summed E-state index contributed by atoms with van der Waals surface area (Å²) in [7, 11) is 1.82. The normalized spacial score (nSPS) is 10.3. The fourth-order valence-electron chi connectivity index (χ4n) is 1.23. The fourth-order valence-corrected chi connectivity index (χ4v) is 2.44. The van der Waals surface area contributed by atoms with Gasteiger partial charge in [-0.1, -0.05) is 0 Å². The number of carbonyl (C=O) groups excluding carboxylic acids is 1. The lowest BCUT2D eigenvalue weighted by Crippen LogP contribution is -2.26. The van der Waals surface area contributed by atoms with Crippen LogP contribution in [0.25, 0.3) is 0 Å². The summed E-state index contributed by atoms with van der Waals surface area (Å²) in [5, 5.41) is 2.05. The first-order chi connectivity index (χ1) is 7.13. The fraction of sp³-hybridized carbons (Fsp3) is 0.500. The quantitative estimate of drug-likeness (QED) is 0.904. The minimum atomic E-state index is 0.155. The summed E-state index contributed by atoms with van der Waals surface area (Å²) in [5.74, 6) is 0.155. The summed E-state index contributed by atoms with van der Waals surface area (Å²) in [4.78, 5) is 13.3. The number of amides is 1. The Hall–Kier alpha value is -0.390. The van der Waals surface area contributed by atoms with E-state index in [0.29, 0.717) is 19.5 Å². The zero-order chi connectivity index (χ0) is 11.3. The molecule has 1 aromatic heterocycles. The Balaban J connectivity index is 2.41. The summed E-state index contributed by atoms with van der Waals surface area (Å²) < 4.78 is 1.10. The molecule has 0 aliphatic rings. The Morgan fingerprint density at radius 3 is 2.93 bits per heavy atom. The van der Waals surface area contributed by atoms with Crippen molar-refractivity contribution in [3.63, 3.8) is 0 Å². The maximum atomic E-state index is 11.6. The van der Waals surface area contributed by atoms with Crippen molar-refractivity contribution < 1.29 is 4.79 Å². The third kappa shape index (κ3) is 4.32. The van der Waals surface area contributed by atoms with Crippen molar-refractivity contribution in [2.45, 2.75) is 19.4 Å². The van der Waals surface area contributed by atoms with Gasteiger partial charge < -0.3 is 10.6 Å². The summed E-state index contributed by atoms with van der Waals surface area (Å²) in [5.41, 5.74) is 6.52. The number of halogens is 1. The van der Waals surface area contributed by atoms with E-state index >= 15 is 0 Å². The zero-order valence-corrected chi connectivity index (χ0v) is 11.1. The Bertz CT molecular complexity index is 327. The van der Waals surface area contributed by atoms with E-state index in [1.165, 1.54) is 0 Å². The Labute approximate surface area is 102 Å². The average Bonchev–Trinajstić information content (AvgIpc) is 2.60. The summed E-state index contributed by atoms with van der Waals surface area (Å²) in [6, 6.07) is 2.04. The molecule has 0 saturated carbocycles. The number of nitrogens with zero attached hydrogens (tertiary/aromatic N) is 1. The zero-order valence-electron chi connectivity index (χ0n) is 8.70. The van der Waals surface area contributed by atoms with Gasteiger partial charge in [-0.3, -0.25) is 4.79 Å². The molecule has 0 saturated heterocycles. The number of rotatable bonds is 5. The van der Waals surface area contributed by atoms with Crippen LogP contribution in [0, 0.1) is 0 Å². The van der Waals surface area contributed by atoms with Crippen LogP contribution in [0.4, 0.5) is 0 Å². The SMILES string of the molecule is CN(Cc1csc(Br)c1)C(=O)CCCN. The van der Waals surface area contributed by atoms with E-state index in [1.807, 2.05) is 13.1 Å². The molecule has 0 bridgehead atoms. The molecule has 1 heterocycles. The number of hydrogen-bond donors (Lipinski definition) is 1. The van der Waals surface area contributed by atoms with Crippen LogP contribution in [0.1, 0.15) is 18.4 Å². The van der Waals surface area contributed by atoms with Crippen molar-refractivity contribution in [2.24, 2.45) is 5.73 Å². The number of carbonyl (C=O) groups is 1. The first kappa shape index (κ1) is 12.7. The van der Waals surface area contributed by atoms with Gasteiger partial charge in [-0.15, -0.1) is 11.3 Å². The van der Waals surface area contributed by atoms with Gasteiger partial charge in [0.25, 0.3) is 0 Å². The van der Waals surface area contributed by atoms with E-state index in [0.717, 1.165) is 15.8 Å². The maximum Gasteiger partial charge on any atom is 0.222 e. The van der Waals surface area contributed by atoms with Crippen LogP contribution in [0.5, 0.6) is 0 Å². The molecule has 0 aromatic carbocycles. The monoisotopic (exact) mass is 290 g/mol. The highest BCUT2D eigenvalue weighted by molar-refractivity contribution is 9.11. The second-order valence-electron chi connectivity index (χ2n) is 3.40. The van der Waals surface area contributed by atoms with Gasteiger partial charge in [0.15, 0.2) is 0 Å². The van der Waals surface area contributed by atoms with Crippen LogP contribution in [0.3, 0.4) is 0 Å². The third-order valence-corrected chi connectivity index (χ3v) is 3.62. The molecular weight excluding hydrogens is 276 g/mol. The van der Waals surface area contributed by atoms with E-state index < -0.39 is 0 Å². The summed E-state index contributed by atoms with van der Waals surface area (Å²) in [6.07, 6.45) is 1.30. The molecule has 0 fully saturated rings. The van der Waals surface area contributed by atoms with Crippen LogP contribution in [-0.4, -0.2) is 24.4 Å². The van der Waals surface area contributed by atoms with Crippen molar-refractivity contribution in [3.8, 4) is 0 Å². The molecule has 15 heavy (non-hydrogen) atoms. The third-order valence-electron chi connectivity index (χ3n) is 2.06. The lowest BCUT2D eigenvalue weighted by molar-refractivity contribution is -0.130. The molecule has 0 unspecified atom stereocenters. The van der Waals surface area contributed by atoms with E-state index in [-0.39, 0.29) is 5.91 Å². The van der Waals surface area contributed by atoms with Crippen molar-refractivity contribution in [3.05, 3.63) is 20.8 Å². The lowest BCUT2D eigenvalue weighted by atomic mass is 10.2. The Morgan fingerprint density at radius 1 is 1.67 bits per heavy atom. The van der Waals surface area contributed by atoms with Gasteiger partial charge in [-0.2, -0.15) is 0 Å². The second kappa shape index (κ2) is 6.25. The molecular formula is C10H15BrN2OS. The van der Waals surface area contributed by atoms with Crippen LogP contribution in [-0.2, 0) is 11.3 Å². The molecule has 0 spiro atoms. The number of thiophene rings is 1. The largest absolute Gasteiger partial charge is 0.341 e. The molecule has 1 rings (SSSR count). The molecule has 84 valence electrons. The summed E-state index contributed by atoms with van der Waals surface area (Å²) in [6.45, 7) is 1.25. The highest BCUT2D eigenvalue weighted by atomic mass is 79.9. The predicted octanol–water partition coefficient (Wildman–Crippen LogP) is 2.21. The van der Waals surface area contributed by atoms with Crippen molar-refractivity contribution in [1.29, 1.82) is 0 Å². The smallest absolute Gasteiger partial charge is 0.222 e. The van der Waals surface area contributed by atoms with Gasteiger partial charge in [0, 0.05) is 20.0 Å². The van der Waals surface area contributed by atoms with E-state index in [1.54, 1.807) is 16.2 Å². The standard InChI is InChI=1S/C10H15BrN2OS/c1-13(10(14)3-2-4-12)6-8-5-9(11)15-7-8/h5,7H,2-4,6,12H2,1H3. The van der Waals surface area contributed by atoms with Gasteiger partial charge in [0.2, 0.25) is 5.91 Å². The lowest BCUT2D eigenvalue weighted by Gasteiger charge is -2.15. The number of hydrogen-bond acceptors (Lipinski definition) is 3. The van der Waals surface area contributed by atoms with E-state index in [2.05, 4.69) is 21.3 Å². The molecule has 1 aromatic rings. The van der Waals surface area contributed by atoms with Crippen molar-refractivity contribution in [2.75, 3.05) is 13.6 Å². The van der Waals surface area contributed by atoms with Crippen molar-refractivity contribution >= 4 is 33.2 Å². The first-order valence-electron chi connectivity index (χ1n) is 4.80. The predicted molar refractivity (Wildman–Crippen MR) is 66.8 cm³/mol. The van der Waals surface area contributed by atoms with Gasteiger partial charge in [0.1, 0.15) is 0 Å². The molecule has 0 aliphatic carbocycles. The van der Waals surface area contributed by atoms with E-state index in [9.17, 15) is 4.79 Å².